The first-order chi connectivity index (χ1) is 16.9. The fourth-order valence-corrected chi connectivity index (χ4v) is 4.17. The zero-order valence-corrected chi connectivity index (χ0v) is 20.1. The third-order valence-corrected chi connectivity index (χ3v) is 6.03. The van der Waals surface area contributed by atoms with Gasteiger partial charge in [0, 0.05) is 0 Å². The van der Waals surface area contributed by atoms with Crippen LogP contribution in [0.1, 0.15) is 34.2 Å². The quantitative estimate of drug-likeness (QED) is 0.155. The van der Waals surface area contributed by atoms with Crippen molar-refractivity contribution in [3.05, 3.63) is 76.8 Å². The van der Waals surface area contributed by atoms with Gasteiger partial charge in [0.2, 0.25) is 5.76 Å². The Hall–Kier alpha value is -4.42. The first-order valence-corrected chi connectivity index (χ1v) is 11.5. The van der Waals surface area contributed by atoms with E-state index in [1.165, 1.54) is 35.8 Å². The number of fused-ring (bicyclic) bond motifs is 1. The van der Waals surface area contributed by atoms with Crippen molar-refractivity contribution in [2.45, 2.75) is 20.8 Å². The maximum absolute atomic E-state index is 12.8. The second-order valence-corrected chi connectivity index (χ2v) is 8.58. The number of nitrogens with zero attached hydrogens (tertiary/aromatic N) is 2. The molecule has 0 aliphatic carbocycles. The van der Waals surface area contributed by atoms with Crippen molar-refractivity contribution >= 4 is 44.6 Å². The number of aromatic nitrogens is 1. The molecule has 1 amide bonds. The number of esters is 1. The van der Waals surface area contributed by atoms with E-state index >= 15 is 0 Å². The lowest BCUT2D eigenvalue weighted by Gasteiger charge is -2.11. The van der Waals surface area contributed by atoms with Crippen molar-refractivity contribution in [2.75, 3.05) is 11.9 Å². The van der Waals surface area contributed by atoms with E-state index in [9.17, 15) is 14.9 Å². The van der Waals surface area contributed by atoms with Crippen LogP contribution in [0, 0.1) is 25.2 Å². The Kier molecular flexibility index (Phi) is 6.94. The number of carbonyl (C=O) groups excluding carboxylic acids is 2. The average molecular weight is 488 g/mol. The molecule has 4 rings (SSSR count). The molecule has 0 aliphatic rings. The fraction of sp³-hybridized carbons (Fsp3) is 0.154. The van der Waals surface area contributed by atoms with Crippen LogP contribution in [0.5, 0.6) is 11.5 Å². The van der Waals surface area contributed by atoms with Crippen molar-refractivity contribution in [1.29, 1.82) is 5.26 Å². The minimum absolute atomic E-state index is 0.0556. The molecule has 2 aromatic heterocycles. The summed E-state index contributed by atoms with van der Waals surface area (Å²) in [5.74, 6) is -0.715. The van der Waals surface area contributed by atoms with Crippen LogP contribution in [-0.4, -0.2) is 23.5 Å². The highest BCUT2D eigenvalue weighted by molar-refractivity contribution is 7.22. The SMILES string of the molecule is CCOc1cc(/C=C(\C#N)C(=O)Nc2nc3cc(C)c(C)cc3s2)ccc1OC(=O)c1ccco1. The second kappa shape index (κ2) is 10.2. The normalized spacial score (nSPS) is 11.2. The molecule has 0 radical (unpaired) electrons. The standard InChI is InChI=1S/C26H21N3O5S/c1-4-32-22-13-17(7-8-20(22)34-25(31)21-6-5-9-33-21)12-18(14-27)24(30)29-26-28-19-10-15(2)16(3)11-23(19)35-26/h5-13H,4H2,1-3H3,(H,28,29,30)/b18-12+. The van der Waals surface area contributed by atoms with Crippen molar-refractivity contribution in [1.82, 2.24) is 4.98 Å². The molecule has 1 N–H and O–H groups in total. The van der Waals surface area contributed by atoms with Crippen LogP contribution < -0.4 is 14.8 Å². The van der Waals surface area contributed by atoms with Crippen LogP contribution >= 0.6 is 11.3 Å². The molecule has 9 heteroatoms. The Balaban J connectivity index is 1.55. The summed E-state index contributed by atoms with van der Waals surface area (Å²) in [6, 6.07) is 13.7. The number of nitrogens with one attached hydrogen (secondary N) is 1. The molecular formula is C26H21N3O5S. The van der Waals surface area contributed by atoms with E-state index in [-0.39, 0.29) is 22.8 Å². The van der Waals surface area contributed by atoms with Gasteiger partial charge in [-0.3, -0.25) is 10.1 Å². The Bertz CT molecular complexity index is 1440. The van der Waals surface area contributed by atoms with Crippen LogP contribution in [0.3, 0.4) is 0 Å². The first-order valence-electron chi connectivity index (χ1n) is 10.7. The van der Waals surface area contributed by atoms with Crippen molar-refractivity contribution in [2.24, 2.45) is 0 Å². The third-order valence-electron chi connectivity index (χ3n) is 5.09. The van der Waals surface area contributed by atoms with Crippen LogP contribution in [-0.2, 0) is 4.79 Å². The van der Waals surface area contributed by atoms with Crippen LogP contribution in [0.25, 0.3) is 16.3 Å². The number of furan rings is 1. The predicted molar refractivity (Wildman–Crippen MR) is 133 cm³/mol. The number of ether oxygens (including phenoxy) is 2. The van der Waals surface area contributed by atoms with Gasteiger partial charge in [0.05, 0.1) is 23.1 Å². The van der Waals surface area contributed by atoms with E-state index in [4.69, 9.17) is 13.9 Å². The lowest BCUT2D eigenvalue weighted by atomic mass is 10.1. The summed E-state index contributed by atoms with van der Waals surface area (Å²) in [6.07, 6.45) is 2.80. The highest BCUT2D eigenvalue weighted by atomic mass is 32.1. The van der Waals surface area contributed by atoms with Gasteiger partial charge in [-0.05, 0) is 79.9 Å². The summed E-state index contributed by atoms with van der Waals surface area (Å²) in [5, 5.41) is 12.7. The summed E-state index contributed by atoms with van der Waals surface area (Å²) in [4.78, 5) is 29.4. The average Bonchev–Trinajstić information content (AvgIpc) is 3.49. The summed E-state index contributed by atoms with van der Waals surface area (Å²) in [7, 11) is 0. The number of anilines is 1. The number of hydrogen-bond donors (Lipinski definition) is 1. The Morgan fingerprint density at radius 3 is 2.69 bits per heavy atom. The van der Waals surface area contributed by atoms with Gasteiger partial charge in [0.25, 0.3) is 5.91 Å². The largest absolute Gasteiger partial charge is 0.490 e. The summed E-state index contributed by atoms with van der Waals surface area (Å²) in [5.41, 5.74) is 3.45. The molecule has 2 heterocycles. The number of benzene rings is 2. The van der Waals surface area contributed by atoms with Gasteiger partial charge in [-0.1, -0.05) is 17.4 Å². The zero-order valence-electron chi connectivity index (χ0n) is 19.2. The summed E-state index contributed by atoms with van der Waals surface area (Å²) in [6.45, 7) is 6.13. The van der Waals surface area contributed by atoms with Crippen LogP contribution in [0.15, 0.2) is 58.7 Å². The summed E-state index contributed by atoms with van der Waals surface area (Å²) < 4.78 is 17.0. The van der Waals surface area contributed by atoms with Crippen LogP contribution in [0.2, 0.25) is 0 Å². The number of hydrogen-bond acceptors (Lipinski definition) is 8. The molecule has 0 spiro atoms. The number of thiazole rings is 1. The van der Waals surface area contributed by atoms with E-state index < -0.39 is 11.9 Å². The molecule has 0 saturated heterocycles. The maximum atomic E-state index is 12.8. The van der Waals surface area contributed by atoms with Gasteiger partial charge in [-0.2, -0.15) is 5.26 Å². The van der Waals surface area contributed by atoms with E-state index in [0.29, 0.717) is 17.3 Å². The van der Waals surface area contributed by atoms with Gasteiger partial charge in [-0.15, -0.1) is 0 Å². The van der Waals surface area contributed by atoms with Gasteiger partial charge in [0.1, 0.15) is 11.6 Å². The molecular weight excluding hydrogens is 466 g/mol. The molecule has 4 aromatic rings. The first kappa shape index (κ1) is 23.7. The topological polar surface area (TPSA) is 114 Å². The number of carbonyl (C=O) groups is 2. The molecule has 176 valence electrons. The second-order valence-electron chi connectivity index (χ2n) is 7.55. The van der Waals surface area contributed by atoms with Gasteiger partial charge in [0.15, 0.2) is 16.6 Å². The van der Waals surface area contributed by atoms with Gasteiger partial charge in [-0.25, -0.2) is 9.78 Å². The molecule has 0 unspecified atom stereocenters. The zero-order chi connectivity index (χ0) is 24.9. The smallest absolute Gasteiger partial charge is 0.379 e. The highest BCUT2D eigenvalue weighted by Gasteiger charge is 2.17. The molecule has 0 atom stereocenters. The molecule has 0 fully saturated rings. The summed E-state index contributed by atoms with van der Waals surface area (Å²) >= 11 is 1.34. The third kappa shape index (κ3) is 5.39. The minimum atomic E-state index is -0.669. The molecule has 8 nitrogen and oxygen atoms in total. The van der Waals surface area contributed by atoms with E-state index in [1.54, 1.807) is 25.1 Å². The van der Waals surface area contributed by atoms with Gasteiger partial charge >= 0.3 is 5.97 Å². The predicted octanol–water partition coefficient (Wildman–Crippen LogP) is 5.67. The molecule has 35 heavy (non-hydrogen) atoms. The maximum Gasteiger partial charge on any atom is 0.379 e. The molecule has 0 aliphatic heterocycles. The Labute approximate surface area is 205 Å². The Morgan fingerprint density at radius 2 is 1.97 bits per heavy atom. The lowest BCUT2D eigenvalue weighted by molar-refractivity contribution is -0.112. The molecule has 0 saturated carbocycles. The monoisotopic (exact) mass is 487 g/mol. The highest BCUT2D eigenvalue weighted by Crippen LogP contribution is 2.31. The number of nitriles is 1. The van der Waals surface area contributed by atoms with E-state index in [1.807, 2.05) is 32.0 Å². The lowest BCUT2D eigenvalue weighted by Crippen LogP contribution is -2.13. The van der Waals surface area contributed by atoms with E-state index in [2.05, 4.69) is 10.3 Å². The fourth-order valence-electron chi connectivity index (χ4n) is 3.23. The number of rotatable bonds is 7. The van der Waals surface area contributed by atoms with E-state index in [0.717, 1.165) is 21.3 Å². The van der Waals surface area contributed by atoms with Gasteiger partial charge < -0.3 is 13.9 Å². The number of aryl methyl sites for hydroxylation is 2. The minimum Gasteiger partial charge on any atom is -0.490 e. The molecule has 2 aromatic carbocycles. The Morgan fingerprint density at radius 1 is 1.17 bits per heavy atom. The van der Waals surface area contributed by atoms with Crippen molar-refractivity contribution in [3.8, 4) is 17.6 Å². The van der Waals surface area contributed by atoms with Crippen LogP contribution in [0.4, 0.5) is 5.13 Å². The van der Waals surface area contributed by atoms with Crippen molar-refractivity contribution in [3.63, 3.8) is 0 Å². The number of amides is 1. The molecule has 0 bridgehead atoms. The van der Waals surface area contributed by atoms with Crippen molar-refractivity contribution < 1.29 is 23.5 Å².